The number of carboxylic acid groups (broad SMARTS) is 1. The summed E-state index contributed by atoms with van der Waals surface area (Å²) in [6.45, 7) is 0.256. The summed E-state index contributed by atoms with van der Waals surface area (Å²) in [5.74, 6) is 3.15. The molecule has 4 heteroatoms. The smallest absolute Gasteiger partial charge is 0.409 e. The van der Waals surface area contributed by atoms with E-state index in [-0.39, 0.29) is 6.61 Å². The van der Waals surface area contributed by atoms with E-state index in [4.69, 9.17) is 16.3 Å². The number of anilines is 1. The average molecular weight is 293 g/mol. The molecule has 2 aromatic carbocycles. The highest BCUT2D eigenvalue weighted by Crippen LogP contribution is 2.15. The fraction of sp³-hybridized carbons (Fsp3) is 0.0556. The zero-order valence-electron chi connectivity index (χ0n) is 11.8. The quantitative estimate of drug-likeness (QED) is 0.648. The second kappa shape index (κ2) is 7.55. The summed E-state index contributed by atoms with van der Waals surface area (Å²) in [5, 5.41) is 10.9. The van der Waals surface area contributed by atoms with Gasteiger partial charge in [0, 0.05) is 5.69 Å². The molecule has 0 aliphatic carbocycles. The van der Waals surface area contributed by atoms with Crippen LogP contribution in [0.15, 0.2) is 48.5 Å². The van der Waals surface area contributed by atoms with Crippen LogP contribution in [0.25, 0.3) is 12.2 Å². The Labute approximate surface area is 129 Å². The van der Waals surface area contributed by atoms with E-state index < -0.39 is 6.09 Å². The van der Waals surface area contributed by atoms with Crippen LogP contribution >= 0.6 is 0 Å². The molecule has 2 aromatic rings. The van der Waals surface area contributed by atoms with Gasteiger partial charge in [-0.1, -0.05) is 42.3 Å². The lowest BCUT2D eigenvalue weighted by Crippen LogP contribution is -2.06. The molecule has 0 aromatic heterocycles. The molecule has 22 heavy (non-hydrogen) atoms. The molecular weight excluding hydrogens is 278 g/mol. The summed E-state index contributed by atoms with van der Waals surface area (Å²) in [7, 11) is 0. The number of hydrogen-bond donors (Lipinski definition) is 2. The first-order chi connectivity index (χ1) is 10.7. The number of carbonyl (C=O) groups is 1. The largest absolute Gasteiger partial charge is 0.481 e. The maximum absolute atomic E-state index is 10.5. The maximum atomic E-state index is 10.5. The van der Waals surface area contributed by atoms with Crippen molar-refractivity contribution in [3.05, 3.63) is 59.7 Å². The molecule has 0 unspecified atom stereocenters. The third-order valence-corrected chi connectivity index (χ3v) is 2.83. The van der Waals surface area contributed by atoms with Crippen molar-refractivity contribution in [2.75, 3.05) is 11.9 Å². The van der Waals surface area contributed by atoms with Gasteiger partial charge in [-0.15, -0.1) is 6.42 Å². The van der Waals surface area contributed by atoms with Gasteiger partial charge >= 0.3 is 6.09 Å². The molecule has 0 radical (unpaired) electrons. The lowest BCUT2D eigenvalue weighted by molar-refractivity contribution is 0.210. The number of nitrogens with one attached hydrogen (secondary N) is 1. The molecule has 1 amide bonds. The van der Waals surface area contributed by atoms with Gasteiger partial charge in [-0.3, -0.25) is 5.32 Å². The van der Waals surface area contributed by atoms with E-state index in [1.54, 1.807) is 12.1 Å². The lowest BCUT2D eigenvalue weighted by atomic mass is 10.1. The molecule has 0 spiro atoms. The van der Waals surface area contributed by atoms with Crippen molar-refractivity contribution in [2.45, 2.75) is 0 Å². The van der Waals surface area contributed by atoms with Gasteiger partial charge in [-0.05, 0) is 35.4 Å². The molecule has 0 saturated heterocycles. The average Bonchev–Trinajstić information content (AvgIpc) is 2.53. The first-order valence-electron chi connectivity index (χ1n) is 6.62. The molecule has 0 aliphatic heterocycles. The number of amides is 1. The van der Waals surface area contributed by atoms with Crippen LogP contribution in [0.4, 0.5) is 10.5 Å². The summed E-state index contributed by atoms with van der Waals surface area (Å²) in [5.41, 5.74) is 2.55. The Kier molecular flexibility index (Phi) is 5.22. The highest BCUT2D eigenvalue weighted by Gasteiger charge is 1.97. The van der Waals surface area contributed by atoms with Gasteiger partial charge in [0.15, 0.2) is 0 Å². The Hall–Kier alpha value is -3.19. The lowest BCUT2D eigenvalue weighted by Gasteiger charge is -2.02. The first kappa shape index (κ1) is 15.2. The van der Waals surface area contributed by atoms with Crippen molar-refractivity contribution in [1.29, 1.82) is 0 Å². The standard InChI is InChI=1S/C18H15NO3/c1-2-13-22-17-11-7-15(8-12-17)4-3-14-5-9-16(10-6-14)19-18(20)21/h1,3-12,19H,13H2,(H,20,21)/b4-3+. The molecule has 0 atom stereocenters. The number of terminal acetylenes is 1. The molecule has 4 nitrogen and oxygen atoms in total. The number of ether oxygens (including phenoxy) is 1. The van der Waals surface area contributed by atoms with Crippen LogP contribution in [0, 0.1) is 12.3 Å². The minimum atomic E-state index is -1.07. The van der Waals surface area contributed by atoms with E-state index in [0.29, 0.717) is 5.69 Å². The molecule has 0 saturated carbocycles. The topological polar surface area (TPSA) is 58.6 Å². The third-order valence-electron chi connectivity index (χ3n) is 2.83. The number of rotatable bonds is 5. The maximum Gasteiger partial charge on any atom is 0.409 e. The second-order valence-corrected chi connectivity index (χ2v) is 4.45. The van der Waals surface area contributed by atoms with Crippen molar-refractivity contribution < 1.29 is 14.6 Å². The molecule has 110 valence electrons. The third kappa shape index (κ3) is 4.73. The summed E-state index contributed by atoms with van der Waals surface area (Å²) in [4.78, 5) is 10.5. The van der Waals surface area contributed by atoms with Crippen LogP contribution in [-0.2, 0) is 0 Å². The SMILES string of the molecule is C#CCOc1ccc(/C=C/c2ccc(NC(=O)O)cc2)cc1. The highest BCUT2D eigenvalue weighted by molar-refractivity contribution is 5.83. The van der Waals surface area contributed by atoms with Crippen LogP contribution in [-0.4, -0.2) is 17.8 Å². The van der Waals surface area contributed by atoms with E-state index in [2.05, 4.69) is 11.2 Å². The normalized spacial score (nSPS) is 10.1. The van der Waals surface area contributed by atoms with Crippen LogP contribution in [0.5, 0.6) is 5.75 Å². The number of hydrogen-bond acceptors (Lipinski definition) is 2. The predicted molar refractivity (Wildman–Crippen MR) is 87.8 cm³/mol. The van der Waals surface area contributed by atoms with Crippen molar-refractivity contribution in [3.63, 3.8) is 0 Å². The fourth-order valence-electron chi connectivity index (χ4n) is 1.79. The minimum absolute atomic E-state index is 0.256. The Balaban J connectivity index is 1.99. The van der Waals surface area contributed by atoms with Gasteiger partial charge in [0.2, 0.25) is 0 Å². The van der Waals surface area contributed by atoms with Gasteiger partial charge in [0.05, 0.1) is 0 Å². The van der Waals surface area contributed by atoms with E-state index >= 15 is 0 Å². The van der Waals surface area contributed by atoms with Gasteiger partial charge in [-0.2, -0.15) is 0 Å². The molecule has 2 rings (SSSR count). The molecule has 0 fully saturated rings. The Morgan fingerprint density at radius 1 is 1.09 bits per heavy atom. The molecule has 2 N–H and O–H groups in total. The monoisotopic (exact) mass is 293 g/mol. The van der Waals surface area contributed by atoms with Crippen LogP contribution in [0.2, 0.25) is 0 Å². The first-order valence-corrected chi connectivity index (χ1v) is 6.62. The zero-order chi connectivity index (χ0) is 15.8. The fourth-order valence-corrected chi connectivity index (χ4v) is 1.79. The van der Waals surface area contributed by atoms with E-state index in [1.807, 2.05) is 48.6 Å². The van der Waals surface area contributed by atoms with E-state index in [9.17, 15) is 4.79 Å². The van der Waals surface area contributed by atoms with Crippen molar-refractivity contribution >= 4 is 23.9 Å². The zero-order valence-corrected chi connectivity index (χ0v) is 11.8. The van der Waals surface area contributed by atoms with Crippen LogP contribution in [0.3, 0.4) is 0 Å². The van der Waals surface area contributed by atoms with E-state index in [1.165, 1.54) is 0 Å². The van der Waals surface area contributed by atoms with Crippen molar-refractivity contribution in [1.82, 2.24) is 0 Å². The van der Waals surface area contributed by atoms with Gasteiger partial charge in [0.25, 0.3) is 0 Å². The highest BCUT2D eigenvalue weighted by atomic mass is 16.5. The van der Waals surface area contributed by atoms with E-state index in [0.717, 1.165) is 16.9 Å². The molecule has 0 heterocycles. The summed E-state index contributed by atoms with van der Waals surface area (Å²) < 4.78 is 5.30. The van der Waals surface area contributed by atoms with Crippen molar-refractivity contribution in [3.8, 4) is 18.1 Å². The van der Waals surface area contributed by atoms with Crippen LogP contribution < -0.4 is 10.1 Å². The number of benzene rings is 2. The van der Waals surface area contributed by atoms with Crippen LogP contribution in [0.1, 0.15) is 11.1 Å². The predicted octanol–water partition coefficient (Wildman–Crippen LogP) is 3.96. The Bertz CT molecular complexity index is 695. The second-order valence-electron chi connectivity index (χ2n) is 4.45. The van der Waals surface area contributed by atoms with Gasteiger partial charge < -0.3 is 9.84 Å². The Morgan fingerprint density at radius 3 is 2.14 bits per heavy atom. The van der Waals surface area contributed by atoms with Crippen molar-refractivity contribution in [2.24, 2.45) is 0 Å². The minimum Gasteiger partial charge on any atom is -0.481 e. The summed E-state index contributed by atoms with van der Waals surface area (Å²) in [6, 6.07) is 14.7. The summed E-state index contributed by atoms with van der Waals surface area (Å²) >= 11 is 0. The van der Waals surface area contributed by atoms with Gasteiger partial charge in [0.1, 0.15) is 12.4 Å². The molecular formula is C18H15NO3. The Morgan fingerprint density at radius 2 is 1.64 bits per heavy atom. The molecule has 0 aliphatic rings. The summed E-state index contributed by atoms with van der Waals surface area (Å²) in [6.07, 6.45) is 7.97. The van der Waals surface area contributed by atoms with Gasteiger partial charge in [-0.25, -0.2) is 4.79 Å². The molecule has 0 bridgehead atoms.